The molecule has 0 fully saturated rings. The standard InChI is InChI=1S/C28H32ClN3O5S/c1-4-25(28(34)30-2)31(18-17-21-11-7-5-8-12-21)27(33)20-32(22-15-16-26(37-3)24(29)19-22)38(35,36)23-13-9-6-10-14-23/h5-16,19,25H,4,17-18,20H2,1-3H3,(H,30,34). The number of hydrogen-bond acceptors (Lipinski definition) is 5. The maximum absolute atomic E-state index is 13.8. The zero-order chi connectivity index (χ0) is 27.7. The van der Waals surface area contributed by atoms with Crippen molar-refractivity contribution in [1.29, 1.82) is 0 Å². The highest BCUT2D eigenvalue weighted by Gasteiger charge is 2.33. The number of nitrogens with zero attached hydrogens (tertiary/aromatic N) is 2. The lowest BCUT2D eigenvalue weighted by Gasteiger charge is -2.33. The minimum Gasteiger partial charge on any atom is -0.495 e. The molecule has 1 unspecified atom stereocenters. The van der Waals surface area contributed by atoms with Gasteiger partial charge in [0.1, 0.15) is 18.3 Å². The summed E-state index contributed by atoms with van der Waals surface area (Å²) in [6.07, 6.45) is 0.861. The summed E-state index contributed by atoms with van der Waals surface area (Å²) >= 11 is 6.32. The quantitative estimate of drug-likeness (QED) is 0.361. The van der Waals surface area contributed by atoms with E-state index >= 15 is 0 Å². The molecule has 0 bridgehead atoms. The van der Waals surface area contributed by atoms with Gasteiger partial charge in [0.25, 0.3) is 10.0 Å². The maximum Gasteiger partial charge on any atom is 0.264 e. The Balaban J connectivity index is 2.02. The van der Waals surface area contributed by atoms with E-state index in [0.29, 0.717) is 18.6 Å². The molecule has 0 aliphatic carbocycles. The summed E-state index contributed by atoms with van der Waals surface area (Å²) in [4.78, 5) is 28.0. The topological polar surface area (TPSA) is 96.0 Å². The van der Waals surface area contributed by atoms with E-state index in [0.717, 1.165) is 9.87 Å². The van der Waals surface area contributed by atoms with Crippen LogP contribution in [0.25, 0.3) is 0 Å². The Morgan fingerprint density at radius 2 is 1.63 bits per heavy atom. The third-order valence-electron chi connectivity index (χ3n) is 6.15. The molecule has 3 aromatic carbocycles. The molecule has 0 radical (unpaired) electrons. The first-order valence-corrected chi connectivity index (χ1v) is 14.0. The Hall–Kier alpha value is -3.56. The molecule has 0 spiro atoms. The predicted octanol–water partition coefficient (Wildman–Crippen LogP) is 4.14. The van der Waals surface area contributed by atoms with E-state index in [1.807, 2.05) is 37.3 Å². The van der Waals surface area contributed by atoms with Crippen LogP contribution in [-0.2, 0) is 26.0 Å². The van der Waals surface area contributed by atoms with Crippen molar-refractivity contribution in [3.63, 3.8) is 0 Å². The number of hydrogen-bond donors (Lipinski definition) is 1. The van der Waals surface area contributed by atoms with Gasteiger partial charge in [0.15, 0.2) is 0 Å². The number of likely N-dealkylation sites (N-methyl/N-ethyl adjacent to an activating group) is 1. The van der Waals surface area contributed by atoms with Crippen LogP contribution in [0.15, 0.2) is 83.8 Å². The first-order valence-electron chi connectivity index (χ1n) is 12.2. The first kappa shape index (κ1) is 29.0. The Morgan fingerprint density at radius 1 is 1.00 bits per heavy atom. The number of benzene rings is 3. The van der Waals surface area contributed by atoms with Crippen LogP contribution in [0.5, 0.6) is 5.75 Å². The van der Waals surface area contributed by atoms with E-state index in [9.17, 15) is 18.0 Å². The van der Waals surface area contributed by atoms with E-state index in [-0.39, 0.29) is 28.1 Å². The Bertz CT molecular complexity index is 1340. The molecule has 0 saturated heterocycles. The minimum absolute atomic E-state index is 0.0221. The maximum atomic E-state index is 13.8. The molecule has 2 amide bonds. The van der Waals surface area contributed by atoms with Crippen molar-refractivity contribution in [2.24, 2.45) is 0 Å². The van der Waals surface area contributed by atoms with Crippen LogP contribution >= 0.6 is 11.6 Å². The number of sulfonamides is 1. The molecule has 0 aliphatic heterocycles. The molecule has 1 N–H and O–H groups in total. The van der Waals surface area contributed by atoms with Crippen LogP contribution in [0.3, 0.4) is 0 Å². The molecule has 1 atom stereocenters. The molecule has 0 saturated carbocycles. The van der Waals surface area contributed by atoms with Crippen molar-refractivity contribution in [2.75, 3.05) is 31.6 Å². The molecule has 0 aromatic heterocycles. The summed E-state index contributed by atoms with van der Waals surface area (Å²) in [6.45, 7) is 1.52. The van der Waals surface area contributed by atoms with Crippen molar-refractivity contribution in [1.82, 2.24) is 10.2 Å². The summed E-state index contributed by atoms with van der Waals surface area (Å²) in [7, 11) is -1.19. The van der Waals surface area contributed by atoms with Crippen LogP contribution in [0.2, 0.25) is 5.02 Å². The molecule has 10 heteroatoms. The molecule has 38 heavy (non-hydrogen) atoms. The third-order valence-corrected chi connectivity index (χ3v) is 8.23. The number of anilines is 1. The predicted molar refractivity (Wildman–Crippen MR) is 149 cm³/mol. The van der Waals surface area contributed by atoms with Crippen LogP contribution < -0.4 is 14.4 Å². The molecule has 8 nitrogen and oxygen atoms in total. The molecule has 0 heterocycles. The monoisotopic (exact) mass is 557 g/mol. The van der Waals surface area contributed by atoms with Gasteiger partial charge in [-0.25, -0.2) is 8.42 Å². The van der Waals surface area contributed by atoms with Crippen molar-refractivity contribution in [3.05, 3.63) is 89.4 Å². The zero-order valence-electron chi connectivity index (χ0n) is 21.6. The lowest BCUT2D eigenvalue weighted by Crippen LogP contribution is -2.52. The fraction of sp³-hybridized carbons (Fsp3) is 0.286. The van der Waals surface area contributed by atoms with E-state index in [2.05, 4.69) is 5.32 Å². The molecular formula is C28H32ClN3O5S. The fourth-order valence-electron chi connectivity index (χ4n) is 4.12. The SMILES string of the molecule is CCC(C(=O)NC)N(CCc1ccccc1)C(=O)CN(c1ccc(OC)c(Cl)c1)S(=O)(=O)c1ccccc1. The number of ether oxygens (including phenoxy) is 1. The number of halogens is 1. The minimum atomic E-state index is -4.16. The van der Waals surface area contributed by atoms with Crippen LogP contribution in [0, 0.1) is 0 Å². The normalized spacial score (nSPS) is 11.9. The largest absolute Gasteiger partial charge is 0.495 e. The van der Waals surface area contributed by atoms with Crippen LogP contribution in [0.4, 0.5) is 5.69 Å². The summed E-state index contributed by atoms with van der Waals surface area (Å²) in [6, 6.07) is 21.2. The fourth-order valence-corrected chi connectivity index (χ4v) is 5.80. The highest BCUT2D eigenvalue weighted by atomic mass is 35.5. The average Bonchev–Trinajstić information content (AvgIpc) is 2.94. The Labute approximate surface area is 229 Å². The summed E-state index contributed by atoms with van der Waals surface area (Å²) < 4.78 is 33.8. The second-order valence-corrected chi connectivity index (χ2v) is 10.8. The summed E-state index contributed by atoms with van der Waals surface area (Å²) in [5, 5.41) is 2.81. The van der Waals surface area contributed by atoms with Gasteiger partial charge in [-0.1, -0.05) is 67.1 Å². The number of rotatable bonds is 12. The number of amides is 2. The van der Waals surface area contributed by atoms with Crippen molar-refractivity contribution in [2.45, 2.75) is 30.7 Å². The lowest BCUT2D eigenvalue weighted by molar-refractivity contribution is -0.139. The molecular weight excluding hydrogens is 526 g/mol. The number of carbonyl (C=O) groups excluding carboxylic acids is 2. The summed E-state index contributed by atoms with van der Waals surface area (Å²) in [5.74, 6) is -0.462. The van der Waals surface area contributed by atoms with Gasteiger partial charge in [0, 0.05) is 13.6 Å². The van der Waals surface area contributed by atoms with Gasteiger partial charge in [-0.15, -0.1) is 0 Å². The van der Waals surface area contributed by atoms with Gasteiger partial charge in [0.05, 0.1) is 22.7 Å². The Morgan fingerprint density at radius 3 is 2.18 bits per heavy atom. The third kappa shape index (κ3) is 6.85. The van der Waals surface area contributed by atoms with E-state index in [1.165, 1.54) is 43.3 Å². The van der Waals surface area contributed by atoms with Crippen LogP contribution in [-0.4, -0.2) is 58.4 Å². The number of methoxy groups -OCH3 is 1. The van der Waals surface area contributed by atoms with E-state index < -0.39 is 28.5 Å². The molecule has 202 valence electrons. The van der Waals surface area contributed by atoms with Crippen molar-refractivity contribution >= 4 is 39.1 Å². The van der Waals surface area contributed by atoms with Gasteiger partial charge in [-0.05, 0) is 48.7 Å². The number of carbonyl (C=O) groups is 2. The van der Waals surface area contributed by atoms with Gasteiger partial charge in [-0.3, -0.25) is 13.9 Å². The second kappa shape index (κ2) is 13.3. The van der Waals surface area contributed by atoms with E-state index in [1.54, 1.807) is 24.3 Å². The Kier molecular flexibility index (Phi) is 10.2. The lowest BCUT2D eigenvalue weighted by atomic mass is 10.1. The highest BCUT2D eigenvalue weighted by Crippen LogP contribution is 2.32. The van der Waals surface area contributed by atoms with Gasteiger partial charge in [0.2, 0.25) is 11.8 Å². The molecule has 3 rings (SSSR count). The molecule has 0 aliphatic rings. The highest BCUT2D eigenvalue weighted by molar-refractivity contribution is 7.92. The second-order valence-electron chi connectivity index (χ2n) is 8.50. The van der Waals surface area contributed by atoms with Crippen molar-refractivity contribution < 1.29 is 22.7 Å². The van der Waals surface area contributed by atoms with Crippen LogP contribution in [0.1, 0.15) is 18.9 Å². The van der Waals surface area contributed by atoms with Gasteiger partial charge in [-0.2, -0.15) is 0 Å². The van der Waals surface area contributed by atoms with Gasteiger partial charge < -0.3 is 15.0 Å². The van der Waals surface area contributed by atoms with Gasteiger partial charge >= 0.3 is 0 Å². The average molecular weight is 558 g/mol. The van der Waals surface area contributed by atoms with Crippen molar-refractivity contribution in [3.8, 4) is 5.75 Å². The smallest absolute Gasteiger partial charge is 0.264 e. The zero-order valence-corrected chi connectivity index (χ0v) is 23.2. The summed E-state index contributed by atoms with van der Waals surface area (Å²) in [5.41, 5.74) is 1.19. The first-order chi connectivity index (χ1) is 18.2. The molecule has 3 aromatic rings. The number of nitrogens with one attached hydrogen (secondary N) is 1. The van der Waals surface area contributed by atoms with E-state index in [4.69, 9.17) is 16.3 Å².